The molecule has 1 fully saturated rings. The number of rotatable bonds is 52. The van der Waals surface area contributed by atoms with Gasteiger partial charge in [0, 0.05) is 6.42 Å². The molecule has 0 bridgehead atoms. The molecule has 0 aromatic rings. The standard InChI is InChI=1S/C66H115NO8/c1-3-5-7-9-11-13-15-17-19-20-21-22-23-24-25-26-27-28-29-30-31-32-33-34-35-36-37-38-39-40-42-44-46-48-50-52-54-56-62(70)67-59(58-74-66-65(73)64(72)63(71)61(57-68)75-66)60(69)55-53-51-49-47-45-43-41-18-16-14-12-10-8-6-4-2/h5,7,11,13,17,19,21-22,24-25,27-28,30-31,53,55,59-61,63-66,68-69,71-73H,3-4,6,8-10,12,14-16,18,20,23,26,29,32-52,54,56-58H2,1-2H3,(H,67,70)/b7-5-,13-11-,19-17-,22-21-,25-24-,28-27-,31-30-,55-53+. The lowest BCUT2D eigenvalue weighted by atomic mass is 9.99. The van der Waals surface area contributed by atoms with Crippen molar-refractivity contribution in [1.29, 1.82) is 0 Å². The van der Waals surface area contributed by atoms with E-state index in [-0.39, 0.29) is 12.5 Å². The molecule has 432 valence electrons. The van der Waals surface area contributed by atoms with E-state index in [4.69, 9.17) is 9.47 Å². The maximum atomic E-state index is 13.1. The number of hydrogen-bond acceptors (Lipinski definition) is 8. The Bertz CT molecular complexity index is 1500. The Kier molecular flexibility index (Phi) is 50.9. The minimum Gasteiger partial charge on any atom is -0.394 e. The maximum absolute atomic E-state index is 13.1. The number of nitrogens with one attached hydrogen (secondary N) is 1. The van der Waals surface area contributed by atoms with E-state index in [0.29, 0.717) is 6.42 Å². The largest absolute Gasteiger partial charge is 0.394 e. The molecule has 6 N–H and O–H groups in total. The fourth-order valence-electron chi connectivity index (χ4n) is 9.31. The summed E-state index contributed by atoms with van der Waals surface area (Å²) >= 11 is 0. The molecule has 1 saturated heterocycles. The second-order valence-corrected chi connectivity index (χ2v) is 21.1. The average Bonchev–Trinajstić information content (AvgIpc) is 3.41. The number of allylic oxidation sites excluding steroid dienone is 15. The van der Waals surface area contributed by atoms with Gasteiger partial charge in [0.15, 0.2) is 6.29 Å². The van der Waals surface area contributed by atoms with Crippen LogP contribution in [0.3, 0.4) is 0 Å². The van der Waals surface area contributed by atoms with E-state index >= 15 is 0 Å². The zero-order valence-corrected chi connectivity index (χ0v) is 48.0. The Morgan fingerprint density at radius 2 is 0.827 bits per heavy atom. The van der Waals surface area contributed by atoms with Crippen LogP contribution in [0.5, 0.6) is 0 Å². The molecule has 9 heteroatoms. The Labute approximate surface area is 460 Å². The lowest BCUT2D eigenvalue weighted by Gasteiger charge is -2.40. The van der Waals surface area contributed by atoms with Crippen molar-refractivity contribution in [2.24, 2.45) is 0 Å². The fraction of sp³-hybridized carbons (Fsp3) is 0.742. The molecule has 7 atom stereocenters. The van der Waals surface area contributed by atoms with Crippen molar-refractivity contribution in [3.05, 3.63) is 97.2 Å². The van der Waals surface area contributed by atoms with E-state index in [0.717, 1.165) is 83.5 Å². The van der Waals surface area contributed by atoms with Gasteiger partial charge in [-0.1, -0.05) is 272 Å². The Balaban J connectivity index is 2.12. The van der Waals surface area contributed by atoms with E-state index in [1.54, 1.807) is 6.08 Å². The molecule has 1 rings (SSSR count). The summed E-state index contributed by atoms with van der Waals surface area (Å²) in [5.41, 5.74) is 0. The zero-order chi connectivity index (χ0) is 54.3. The van der Waals surface area contributed by atoms with Gasteiger partial charge < -0.3 is 40.3 Å². The Morgan fingerprint density at radius 3 is 1.23 bits per heavy atom. The van der Waals surface area contributed by atoms with Crippen LogP contribution in [0.2, 0.25) is 0 Å². The number of aliphatic hydroxyl groups excluding tert-OH is 5. The maximum Gasteiger partial charge on any atom is 0.220 e. The van der Waals surface area contributed by atoms with Gasteiger partial charge in [-0.25, -0.2) is 0 Å². The van der Waals surface area contributed by atoms with E-state index in [9.17, 15) is 30.3 Å². The summed E-state index contributed by atoms with van der Waals surface area (Å²) in [6, 6.07) is -0.809. The molecule has 75 heavy (non-hydrogen) atoms. The van der Waals surface area contributed by atoms with Crippen molar-refractivity contribution < 1.29 is 39.8 Å². The predicted octanol–water partition coefficient (Wildman–Crippen LogP) is 16.0. The molecule has 1 aliphatic heterocycles. The van der Waals surface area contributed by atoms with Crippen molar-refractivity contribution in [3.8, 4) is 0 Å². The number of unbranched alkanes of at least 4 members (excludes halogenated alkanes) is 28. The van der Waals surface area contributed by atoms with E-state index in [1.807, 2.05) is 6.08 Å². The van der Waals surface area contributed by atoms with Gasteiger partial charge in [-0.2, -0.15) is 0 Å². The number of amides is 1. The van der Waals surface area contributed by atoms with Gasteiger partial charge in [0.25, 0.3) is 0 Å². The SMILES string of the molecule is CC/C=C\C/C=C\C/C=C\C/C=C\C/C=C\C/C=C\C/C=C\CCCCCCCCCCCCCCCCCC(=O)NC(COC1OC(CO)C(O)C(O)C1O)C(O)/C=C/CCCCCCCCCCCCCCC. The fourth-order valence-corrected chi connectivity index (χ4v) is 9.31. The second kappa shape index (κ2) is 54.5. The van der Waals surface area contributed by atoms with Gasteiger partial charge in [0.05, 0.1) is 25.4 Å². The third-order valence-corrected chi connectivity index (χ3v) is 14.2. The highest BCUT2D eigenvalue weighted by atomic mass is 16.7. The third kappa shape index (κ3) is 43.7. The second-order valence-electron chi connectivity index (χ2n) is 21.1. The highest BCUT2D eigenvalue weighted by Crippen LogP contribution is 2.23. The summed E-state index contributed by atoms with van der Waals surface area (Å²) in [4.78, 5) is 13.1. The van der Waals surface area contributed by atoms with Gasteiger partial charge in [0.1, 0.15) is 24.4 Å². The van der Waals surface area contributed by atoms with Crippen molar-refractivity contribution in [2.45, 2.75) is 301 Å². The number of carbonyl (C=O) groups is 1. The van der Waals surface area contributed by atoms with Crippen LogP contribution in [-0.4, -0.2) is 87.5 Å². The number of carbonyl (C=O) groups excluding carboxylic acids is 1. The molecular formula is C66H115NO8. The van der Waals surface area contributed by atoms with Crippen LogP contribution in [-0.2, 0) is 14.3 Å². The lowest BCUT2D eigenvalue weighted by molar-refractivity contribution is -0.302. The van der Waals surface area contributed by atoms with Crippen LogP contribution in [0.25, 0.3) is 0 Å². The molecule has 0 aromatic heterocycles. The van der Waals surface area contributed by atoms with Gasteiger partial charge in [-0.05, 0) is 77.0 Å². The van der Waals surface area contributed by atoms with Crippen LogP contribution in [0.15, 0.2) is 97.2 Å². The quantitative estimate of drug-likeness (QED) is 0.0261. The van der Waals surface area contributed by atoms with Gasteiger partial charge >= 0.3 is 0 Å². The molecule has 0 spiro atoms. The Morgan fingerprint density at radius 1 is 0.467 bits per heavy atom. The summed E-state index contributed by atoms with van der Waals surface area (Å²) in [5, 5.41) is 54.5. The molecule has 0 radical (unpaired) electrons. The van der Waals surface area contributed by atoms with Crippen molar-refractivity contribution in [3.63, 3.8) is 0 Å². The first-order valence-corrected chi connectivity index (χ1v) is 31.0. The summed E-state index contributed by atoms with van der Waals surface area (Å²) in [6.45, 7) is 3.67. The van der Waals surface area contributed by atoms with E-state index in [2.05, 4.69) is 104 Å². The summed E-state index contributed by atoms with van der Waals surface area (Å²) in [6.07, 6.45) is 72.0. The predicted molar refractivity (Wildman–Crippen MR) is 318 cm³/mol. The number of hydrogen-bond donors (Lipinski definition) is 6. The van der Waals surface area contributed by atoms with E-state index < -0.39 is 49.5 Å². The van der Waals surface area contributed by atoms with Gasteiger partial charge in [0.2, 0.25) is 5.91 Å². The van der Waals surface area contributed by atoms with Gasteiger partial charge in [-0.15, -0.1) is 0 Å². The molecule has 1 amide bonds. The molecule has 0 saturated carbocycles. The number of ether oxygens (including phenoxy) is 2. The molecule has 1 aliphatic rings. The summed E-state index contributed by atoms with van der Waals surface area (Å²) in [7, 11) is 0. The van der Waals surface area contributed by atoms with Gasteiger partial charge in [-0.3, -0.25) is 4.79 Å². The smallest absolute Gasteiger partial charge is 0.220 e. The monoisotopic (exact) mass is 1050 g/mol. The first kappa shape index (κ1) is 70.1. The summed E-state index contributed by atoms with van der Waals surface area (Å²) in [5.74, 6) is -0.179. The molecular weight excluding hydrogens is 935 g/mol. The minimum absolute atomic E-state index is 0.179. The molecule has 0 aliphatic carbocycles. The summed E-state index contributed by atoms with van der Waals surface area (Å²) < 4.78 is 11.3. The van der Waals surface area contributed by atoms with Crippen LogP contribution >= 0.6 is 0 Å². The minimum atomic E-state index is -1.57. The normalized spacial score (nSPS) is 19.6. The number of aliphatic hydroxyl groups is 5. The topological polar surface area (TPSA) is 149 Å². The highest BCUT2D eigenvalue weighted by Gasteiger charge is 2.44. The van der Waals surface area contributed by atoms with Crippen LogP contribution in [0.4, 0.5) is 0 Å². The van der Waals surface area contributed by atoms with Crippen LogP contribution in [0.1, 0.15) is 258 Å². The lowest BCUT2D eigenvalue weighted by Crippen LogP contribution is -2.60. The van der Waals surface area contributed by atoms with Crippen LogP contribution < -0.4 is 5.32 Å². The average molecular weight is 1050 g/mol. The van der Waals surface area contributed by atoms with Crippen molar-refractivity contribution in [1.82, 2.24) is 5.32 Å². The molecule has 7 unspecified atom stereocenters. The zero-order valence-electron chi connectivity index (χ0n) is 48.0. The Hall–Kier alpha value is -2.89. The first-order chi connectivity index (χ1) is 36.8. The molecule has 1 heterocycles. The van der Waals surface area contributed by atoms with Crippen molar-refractivity contribution >= 4 is 5.91 Å². The molecule has 9 nitrogen and oxygen atoms in total. The first-order valence-electron chi connectivity index (χ1n) is 31.0. The van der Waals surface area contributed by atoms with Crippen molar-refractivity contribution in [2.75, 3.05) is 13.2 Å². The third-order valence-electron chi connectivity index (χ3n) is 14.2. The van der Waals surface area contributed by atoms with Crippen LogP contribution in [0, 0.1) is 0 Å². The van der Waals surface area contributed by atoms with E-state index in [1.165, 1.54) is 154 Å². The molecule has 0 aromatic carbocycles. The highest BCUT2D eigenvalue weighted by molar-refractivity contribution is 5.76.